The summed E-state index contributed by atoms with van der Waals surface area (Å²) in [5, 5.41) is 9.92. The van der Waals surface area contributed by atoms with E-state index in [9.17, 15) is 10.1 Å². The van der Waals surface area contributed by atoms with Crippen molar-refractivity contribution in [1.29, 1.82) is 5.26 Å². The van der Waals surface area contributed by atoms with Gasteiger partial charge in [-0.2, -0.15) is 5.26 Å². The van der Waals surface area contributed by atoms with E-state index in [0.29, 0.717) is 35.2 Å². The Morgan fingerprint density at radius 3 is 2.50 bits per heavy atom. The minimum absolute atomic E-state index is 0.0135. The molecule has 0 fully saturated rings. The maximum atomic E-state index is 12.5. The van der Waals surface area contributed by atoms with Gasteiger partial charge in [0.2, 0.25) is 5.88 Å². The van der Waals surface area contributed by atoms with Crippen molar-refractivity contribution >= 4 is 5.97 Å². The normalized spacial score (nSPS) is 14.0. The molecule has 8 heteroatoms. The Labute approximate surface area is 234 Å². The maximum Gasteiger partial charge on any atom is 0.349 e. The van der Waals surface area contributed by atoms with E-state index in [0.717, 1.165) is 36.0 Å². The molecule has 4 rings (SSSR count). The van der Waals surface area contributed by atoms with Gasteiger partial charge < -0.3 is 29.4 Å². The summed E-state index contributed by atoms with van der Waals surface area (Å²) in [6, 6.07) is 18.4. The van der Waals surface area contributed by atoms with Gasteiger partial charge in [-0.3, -0.25) is 0 Å². The number of hydrogen-bond donors (Lipinski definition) is 1. The predicted octanol–water partition coefficient (Wildman–Crippen LogP) is 6.08. The predicted molar refractivity (Wildman–Crippen MR) is 151 cm³/mol. The van der Waals surface area contributed by atoms with Crippen LogP contribution in [0.1, 0.15) is 54.4 Å². The number of fused-ring (bicyclic) bond motifs is 1. The number of unbranched alkanes of at least 4 members (excludes halogenated alkanes) is 2. The standard InChI is InChI=1S/C32H34N2O6/c1-5-6-7-14-37-27-13-9-22(16-29(27)36-4)31-25-12-11-24(17-28(25)40-32(34)26(31)18-33)39-30(35)19-38-23-10-8-20(2)21(3)15-23/h8-13,15-17,31H,5-7,14,19,34H2,1-4H3. The monoisotopic (exact) mass is 542 g/mol. The van der Waals surface area contributed by atoms with E-state index in [1.807, 2.05) is 50.2 Å². The Balaban J connectivity index is 1.53. The number of rotatable bonds is 11. The van der Waals surface area contributed by atoms with Crippen LogP contribution < -0.4 is 29.4 Å². The van der Waals surface area contributed by atoms with E-state index < -0.39 is 11.9 Å². The zero-order valence-electron chi connectivity index (χ0n) is 23.3. The highest BCUT2D eigenvalue weighted by atomic mass is 16.6. The van der Waals surface area contributed by atoms with Crippen LogP contribution in [-0.4, -0.2) is 26.3 Å². The molecule has 0 aromatic heterocycles. The highest BCUT2D eigenvalue weighted by Gasteiger charge is 2.31. The summed E-state index contributed by atoms with van der Waals surface area (Å²) in [6.45, 7) is 6.47. The Morgan fingerprint density at radius 2 is 1.77 bits per heavy atom. The molecule has 0 saturated carbocycles. The second kappa shape index (κ2) is 12.9. The number of nitriles is 1. The molecule has 0 saturated heterocycles. The summed E-state index contributed by atoms with van der Waals surface area (Å²) in [7, 11) is 1.58. The van der Waals surface area contributed by atoms with Crippen molar-refractivity contribution in [2.24, 2.45) is 5.73 Å². The highest BCUT2D eigenvalue weighted by Crippen LogP contribution is 2.45. The first-order valence-electron chi connectivity index (χ1n) is 13.3. The van der Waals surface area contributed by atoms with Crippen molar-refractivity contribution in [3.05, 3.63) is 88.3 Å². The molecular formula is C32H34N2O6. The van der Waals surface area contributed by atoms with Crippen LogP contribution in [0.5, 0.6) is 28.7 Å². The second-order valence-electron chi connectivity index (χ2n) is 9.60. The van der Waals surface area contributed by atoms with E-state index in [-0.39, 0.29) is 23.8 Å². The summed E-state index contributed by atoms with van der Waals surface area (Å²) < 4.78 is 28.4. The number of esters is 1. The number of methoxy groups -OCH3 is 1. The summed E-state index contributed by atoms with van der Waals surface area (Å²) in [5.74, 6) is 1.36. The molecule has 1 aliphatic rings. The fourth-order valence-corrected chi connectivity index (χ4v) is 4.47. The van der Waals surface area contributed by atoms with Gasteiger partial charge >= 0.3 is 5.97 Å². The van der Waals surface area contributed by atoms with Crippen molar-refractivity contribution in [2.45, 2.75) is 46.0 Å². The Bertz CT molecular complexity index is 1460. The van der Waals surface area contributed by atoms with E-state index in [1.165, 1.54) is 0 Å². The number of benzene rings is 3. The molecule has 1 unspecified atom stereocenters. The van der Waals surface area contributed by atoms with Crippen LogP contribution in [0, 0.1) is 25.2 Å². The topological polar surface area (TPSA) is 113 Å². The van der Waals surface area contributed by atoms with Crippen LogP contribution in [0.3, 0.4) is 0 Å². The SMILES string of the molecule is CCCCCOc1ccc(C2C(C#N)=C(N)Oc3cc(OC(=O)COc4ccc(C)c(C)c4)ccc32)cc1OC. The first-order chi connectivity index (χ1) is 19.3. The molecule has 1 atom stereocenters. The fourth-order valence-electron chi connectivity index (χ4n) is 4.47. The number of ether oxygens (including phenoxy) is 5. The van der Waals surface area contributed by atoms with E-state index in [2.05, 4.69) is 13.0 Å². The molecule has 0 radical (unpaired) electrons. The third-order valence-electron chi connectivity index (χ3n) is 6.78. The molecule has 2 N–H and O–H groups in total. The lowest BCUT2D eigenvalue weighted by molar-refractivity contribution is -0.136. The van der Waals surface area contributed by atoms with Crippen LogP contribution in [0.4, 0.5) is 0 Å². The van der Waals surface area contributed by atoms with Crippen molar-refractivity contribution in [3.8, 4) is 34.8 Å². The van der Waals surface area contributed by atoms with Gasteiger partial charge in [0.05, 0.1) is 19.6 Å². The molecule has 0 aliphatic carbocycles. The lowest BCUT2D eigenvalue weighted by Crippen LogP contribution is -2.22. The first-order valence-corrected chi connectivity index (χ1v) is 13.3. The zero-order valence-corrected chi connectivity index (χ0v) is 23.3. The number of nitrogens with two attached hydrogens (primary N) is 1. The summed E-state index contributed by atoms with van der Waals surface area (Å²) >= 11 is 0. The van der Waals surface area contributed by atoms with Gasteiger partial charge in [-0.05, 0) is 67.3 Å². The van der Waals surface area contributed by atoms with Crippen LogP contribution in [-0.2, 0) is 4.79 Å². The molecular weight excluding hydrogens is 508 g/mol. The molecule has 3 aromatic rings. The van der Waals surface area contributed by atoms with Gasteiger partial charge in [-0.15, -0.1) is 0 Å². The molecule has 208 valence electrons. The molecule has 40 heavy (non-hydrogen) atoms. The van der Waals surface area contributed by atoms with Crippen LogP contribution >= 0.6 is 0 Å². The first kappa shape index (κ1) is 28.4. The smallest absolute Gasteiger partial charge is 0.349 e. The Morgan fingerprint density at radius 1 is 0.975 bits per heavy atom. The lowest BCUT2D eigenvalue weighted by Gasteiger charge is -2.27. The van der Waals surface area contributed by atoms with Crippen LogP contribution in [0.2, 0.25) is 0 Å². The molecule has 3 aromatic carbocycles. The number of allylic oxidation sites excluding steroid dienone is 1. The van der Waals surface area contributed by atoms with Gasteiger partial charge in [0.1, 0.15) is 28.9 Å². The molecule has 1 heterocycles. The number of hydrogen-bond acceptors (Lipinski definition) is 8. The van der Waals surface area contributed by atoms with Gasteiger partial charge in [-0.1, -0.05) is 38.0 Å². The van der Waals surface area contributed by atoms with E-state index in [4.69, 9.17) is 29.4 Å². The molecule has 0 amide bonds. The van der Waals surface area contributed by atoms with Crippen LogP contribution in [0.25, 0.3) is 0 Å². The second-order valence-corrected chi connectivity index (χ2v) is 9.60. The van der Waals surface area contributed by atoms with E-state index >= 15 is 0 Å². The maximum absolute atomic E-state index is 12.5. The quantitative estimate of drug-likeness (QED) is 0.176. The largest absolute Gasteiger partial charge is 0.493 e. The van der Waals surface area contributed by atoms with Gasteiger partial charge in [-0.25, -0.2) is 4.79 Å². The molecule has 8 nitrogen and oxygen atoms in total. The minimum atomic E-state index is -0.564. The summed E-state index contributed by atoms with van der Waals surface area (Å²) in [6.07, 6.45) is 3.15. The van der Waals surface area contributed by atoms with Gasteiger partial charge in [0.25, 0.3) is 0 Å². The number of aryl methyl sites for hydroxylation is 2. The Hall–Kier alpha value is -4.64. The van der Waals surface area contributed by atoms with Crippen LogP contribution in [0.15, 0.2) is 66.1 Å². The highest BCUT2D eigenvalue weighted by molar-refractivity contribution is 5.74. The average Bonchev–Trinajstić information content (AvgIpc) is 2.95. The molecule has 1 aliphatic heterocycles. The third kappa shape index (κ3) is 6.49. The number of nitrogens with zero attached hydrogens (tertiary/aromatic N) is 1. The third-order valence-corrected chi connectivity index (χ3v) is 6.78. The van der Waals surface area contributed by atoms with E-state index in [1.54, 1.807) is 25.3 Å². The van der Waals surface area contributed by atoms with Crippen molar-refractivity contribution in [3.63, 3.8) is 0 Å². The van der Waals surface area contributed by atoms with Crippen molar-refractivity contribution in [2.75, 3.05) is 20.3 Å². The molecule has 0 bridgehead atoms. The summed E-state index contributed by atoms with van der Waals surface area (Å²) in [4.78, 5) is 12.5. The lowest BCUT2D eigenvalue weighted by atomic mass is 9.83. The molecule has 0 spiro atoms. The van der Waals surface area contributed by atoms with Gasteiger partial charge in [0.15, 0.2) is 18.1 Å². The average molecular weight is 543 g/mol. The summed E-state index contributed by atoms with van der Waals surface area (Å²) in [5.41, 5.74) is 10.1. The minimum Gasteiger partial charge on any atom is -0.493 e. The number of carbonyl (C=O) groups is 1. The van der Waals surface area contributed by atoms with Crippen molar-refractivity contribution in [1.82, 2.24) is 0 Å². The zero-order chi connectivity index (χ0) is 28.6. The van der Waals surface area contributed by atoms with Crippen molar-refractivity contribution < 1.29 is 28.5 Å². The Kier molecular flexibility index (Phi) is 9.18. The van der Waals surface area contributed by atoms with Gasteiger partial charge in [0, 0.05) is 11.6 Å². The fraction of sp³-hybridized carbons (Fsp3) is 0.312. The number of carbonyl (C=O) groups excluding carboxylic acids is 1.